The number of rotatable bonds is 3. The van der Waals surface area contributed by atoms with E-state index in [0.717, 1.165) is 11.4 Å². The van der Waals surface area contributed by atoms with Crippen LogP contribution in [0.5, 0.6) is 0 Å². The second-order valence-electron chi connectivity index (χ2n) is 4.69. The highest BCUT2D eigenvalue weighted by atomic mass is 14.9. The molecule has 2 nitrogen and oxygen atoms in total. The molecule has 0 aliphatic carbocycles. The molecular formula is C17H16N2. The van der Waals surface area contributed by atoms with Gasteiger partial charge in [0.25, 0.3) is 0 Å². The van der Waals surface area contributed by atoms with E-state index in [1.165, 1.54) is 10.8 Å². The second-order valence-corrected chi connectivity index (χ2v) is 4.69. The lowest BCUT2D eigenvalue weighted by Crippen LogP contribution is -2.08. The zero-order valence-corrected chi connectivity index (χ0v) is 10.9. The minimum absolute atomic E-state index is 0.187. The third-order valence-electron chi connectivity index (χ3n) is 3.25. The standard InChI is InChI=1S/C17H16N2/c1-13(19-16-9-3-2-4-10-16)17-11-14-7-5-6-8-15(14)12-18-17/h2-13,19H,1H3. The molecule has 0 fully saturated rings. The molecule has 3 rings (SSSR count). The molecule has 0 spiro atoms. The van der Waals surface area contributed by atoms with Gasteiger partial charge in [-0.1, -0.05) is 42.5 Å². The summed E-state index contributed by atoms with van der Waals surface area (Å²) in [7, 11) is 0. The van der Waals surface area contributed by atoms with Crippen LogP contribution >= 0.6 is 0 Å². The van der Waals surface area contributed by atoms with E-state index >= 15 is 0 Å². The van der Waals surface area contributed by atoms with Gasteiger partial charge in [0.15, 0.2) is 0 Å². The second kappa shape index (κ2) is 5.11. The van der Waals surface area contributed by atoms with Crippen molar-refractivity contribution in [1.82, 2.24) is 4.98 Å². The van der Waals surface area contributed by atoms with Crippen molar-refractivity contribution in [3.63, 3.8) is 0 Å². The third-order valence-corrected chi connectivity index (χ3v) is 3.25. The Morgan fingerprint density at radius 1 is 0.895 bits per heavy atom. The van der Waals surface area contributed by atoms with E-state index in [4.69, 9.17) is 0 Å². The SMILES string of the molecule is CC(Nc1ccccc1)c1cc2ccccc2cn1. The lowest BCUT2D eigenvalue weighted by molar-refractivity contribution is 0.843. The van der Waals surface area contributed by atoms with Crippen LogP contribution in [0.1, 0.15) is 18.7 Å². The van der Waals surface area contributed by atoms with Gasteiger partial charge in [0.1, 0.15) is 0 Å². The van der Waals surface area contributed by atoms with Crippen LogP contribution in [-0.2, 0) is 0 Å². The van der Waals surface area contributed by atoms with Gasteiger partial charge in [-0.2, -0.15) is 0 Å². The highest BCUT2D eigenvalue weighted by Gasteiger charge is 2.07. The van der Waals surface area contributed by atoms with E-state index in [1.807, 2.05) is 30.5 Å². The summed E-state index contributed by atoms with van der Waals surface area (Å²) in [6.45, 7) is 2.13. The molecule has 0 saturated carbocycles. The molecule has 2 aromatic carbocycles. The molecule has 0 bridgehead atoms. The van der Waals surface area contributed by atoms with Crippen LogP contribution in [0.3, 0.4) is 0 Å². The zero-order valence-electron chi connectivity index (χ0n) is 10.9. The number of aromatic nitrogens is 1. The number of pyridine rings is 1. The smallest absolute Gasteiger partial charge is 0.0657 e. The number of anilines is 1. The first-order valence-electron chi connectivity index (χ1n) is 6.49. The molecule has 0 amide bonds. The van der Waals surface area contributed by atoms with Crippen molar-refractivity contribution in [2.75, 3.05) is 5.32 Å². The van der Waals surface area contributed by atoms with Gasteiger partial charge >= 0.3 is 0 Å². The van der Waals surface area contributed by atoms with Gasteiger partial charge in [-0.15, -0.1) is 0 Å². The first-order chi connectivity index (χ1) is 9.33. The van der Waals surface area contributed by atoms with Crippen molar-refractivity contribution < 1.29 is 0 Å². The van der Waals surface area contributed by atoms with Crippen molar-refractivity contribution in [2.24, 2.45) is 0 Å². The molecule has 1 unspecified atom stereocenters. The summed E-state index contributed by atoms with van der Waals surface area (Å²) in [5.41, 5.74) is 2.17. The normalized spacial score (nSPS) is 12.3. The fourth-order valence-corrected chi connectivity index (χ4v) is 2.20. The first-order valence-corrected chi connectivity index (χ1v) is 6.49. The van der Waals surface area contributed by atoms with Crippen molar-refractivity contribution in [2.45, 2.75) is 13.0 Å². The van der Waals surface area contributed by atoms with E-state index < -0.39 is 0 Å². The molecule has 1 heterocycles. The molecule has 0 aliphatic rings. The molecular weight excluding hydrogens is 232 g/mol. The summed E-state index contributed by atoms with van der Waals surface area (Å²) < 4.78 is 0. The maximum Gasteiger partial charge on any atom is 0.0657 e. The van der Waals surface area contributed by atoms with Gasteiger partial charge < -0.3 is 5.32 Å². The third kappa shape index (κ3) is 2.58. The average Bonchev–Trinajstić information content (AvgIpc) is 2.48. The first kappa shape index (κ1) is 11.7. The molecule has 0 radical (unpaired) electrons. The number of nitrogens with zero attached hydrogens (tertiary/aromatic N) is 1. The van der Waals surface area contributed by atoms with Crippen LogP contribution in [0.2, 0.25) is 0 Å². The minimum atomic E-state index is 0.187. The van der Waals surface area contributed by atoms with Crippen LogP contribution in [0.4, 0.5) is 5.69 Å². The Morgan fingerprint density at radius 3 is 2.37 bits per heavy atom. The van der Waals surface area contributed by atoms with E-state index in [1.54, 1.807) is 0 Å². The van der Waals surface area contributed by atoms with Crippen LogP contribution < -0.4 is 5.32 Å². The molecule has 0 aliphatic heterocycles. The molecule has 1 aromatic heterocycles. The molecule has 19 heavy (non-hydrogen) atoms. The zero-order chi connectivity index (χ0) is 13.1. The Morgan fingerprint density at radius 2 is 1.58 bits per heavy atom. The van der Waals surface area contributed by atoms with Crippen LogP contribution in [0.25, 0.3) is 10.8 Å². The Hall–Kier alpha value is -2.35. The van der Waals surface area contributed by atoms with Gasteiger partial charge in [0.2, 0.25) is 0 Å². The number of hydrogen-bond acceptors (Lipinski definition) is 2. The quantitative estimate of drug-likeness (QED) is 0.742. The average molecular weight is 248 g/mol. The van der Waals surface area contributed by atoms with E-state index in [-0.39, 0.29) is 6.04 Å². The maximum atomic E-state index is 4.54. The van der Waals surface area contributed by atoms with E-state index in [0.29, 0.717) is 0 Å². The molecule has 2 heteroatoms. The van der Waals surface area contributed by atoms with Crippen LogP contribution in [0.15, 0.2) is 66.9 Å². The summed E-state index contributed by atoms with van der Waals surface area (Å²) in [6, 6.07) is 20.8. The lowest BCUT2D eigenvalue weighted by Gasteiger charge is -2.15. The summed E-state index contributed by atoms with van der Waals surface area (Å²) in [5.74, 6) is 0. The highest BCUT2D eigenvalue weighted by molar-refractivity contribution is 5.81. The van der Waals surface area contributed by atoms with E-state index in [2.05, 4.69) is 53.6 Å². The van der Waals surface area contributed by atoms with Crippen molar-refractivity contribution in [3.8, 4) is 0 Å². The van der Waals surface area contributed by atoms with Crippen LogP contribution in [0, 0.1) is 0 Å². The Labute approximate surface area is 113 Å². The minimum Gasteiger partial charge on any atom is -0.377 e. The molecule has 1 N–H and O–H groups in total. The van der Waals surface area contributed by atoms with E-state index in [9.17, 15) is 0 Å². The fourth-order valence-electron chi connectivity index (χ4n) is 2.20. The highest BCUT2D eigenvalue weighted by Crippen LogP contribution is 2.21. The predicted octanol–water partition coefficient (Wildman–Crippen LogP) is 4.41. The summed E-state index contributed by atoms with van der Waals surface area (Å²) in [5, 5.41) is 5.87. The Balaban J connectivity index is 1.87. The predicted molar refractivity (Wildman–Crippen MR) is 80.2 cm³/mol. The number of nitrogens with one attached hydrogen (secondary N) is 1. The number of para-hydroxylation sites is 1. The molecule has 3 aromatic rings. The van der Waals surface area contributed by atoms with Crippen LogP contribution in [-0.4, -0.2) is 4.98 Å². The molecule has 1 atom stereocenters. The van der Waals surface area contributed by atoms with Gasteiger partial charge in [0.05, 0.1) is 11.7 Å². The Kier molecular flexibility index (Phi) is 3.15. The van der Waals surface area contributed by atoms with Crippen molar-refractivity contribution in [3.05, 3.63) is 72.6 Å². The monoisotopic (exact) mass is 248 g/mol. The number of hydrogen-bond donors (Lipinski definition) is 1. The number of benzene rings is 2. The van der Waals surface area contributed by atoms with Gasteiger partial charge in [-0.05, 0) is 30.5 Å². The summed E-state index contributed by atoms with van der Waals surface area (Å²) in [4.78, 5) is 4.54. The van der Waals surface area contributed by atoms with Crippen molar-refractivity contribution >= 4 is 16.5 Å². The van der Waals surface area contributed by atoms with Gasteiger partial charge in [-0.3, -0.25) is 4.98 Å². The molecule has 94 valence electrons. The maximum absolute atomic E-state index is 4.54. The van der Waals surface area contributed by atoms with Gasteiger partial charge in [-0.25, -0.2) is 0 Å². The molecule has 0 saturated heterocycles. The Bertz CT molecular complexity index is 677. The largest absolute Gasteiger partial charge is 0.377 e. The lowest BCUT2D eigenvalue weighted by atomic mass is 10.1. The van der Waals surface area contributed by atoms with Crippen molar-refractivity contribution in [1.29, 1.82) is 0 Å². The van der Waals surface area contributed by atoms with Gasteiger partial charge in [0, 0.05) is 17.3 Å². The topological polar surface area (TPSA) is 24.9 Å². The summed E-state index contributed by atoms with van der Waals surface area (Å²) >= 11 is 0. The fraction of sp³-hybridized carbons (Fsp3) is 0.118. The number of fused-ring (bicyclic) bond motifs is 1. The summed E-state index contributed by atoms with van der Waals surface area (Å²) in [6.07, 6.45) is 1.94.